The number of imidazole rings is 1. The summed E-state index contributed by atoms with van der Waals surface area (Å²) in [6, 6.07) is -0.167. The Hall–Kier alpha value is -1.62. The normalized spacial score (nSPS) is 18.2. The summed E-state index contributed by atoms with van der Waals surface area (Å²) >= 11 is 0. The molecule has 98 valence electrons. The van der Waals surface area contributed by atoms with Gasteiger partial charge in [0.25, 0.3) is 0 Å². The van der Waals surface area contributed by atoms with Crippen molar-refractivity contribution in [2.75, 3.05) is 13.1 Å². The van der Waals surface area contributed by atoms with E-state index in [0.717, 1.165) is 17.0 Å². The summed E-state index contributed by atoms with van der Waals surface area (Å²) in [6.45, 7) is 9.81. The van der Waals surface area contributed by atoms with E-state index in [0.29, 0.717) is 26.1 Å². The van der Waals surface area contributed by atoms with Gasteiger partial charge in [0, 0.05) is 26.1 Å². The molecule has 5 heteroatoms. The van der Waals surface area contributed by atoms with E-state index in [1.807, 2.05) is 18.7 Å². The van der Waals surface area contributed by atoms with Crippen LogP contribution in [0.4, 0.5) is 0 Å². The summed E-state index contributed by atoms with van der Waals surface area (Å²) in [5.41, 5.74) is 3.09. The molecular formula is C13H20N4O. The van der Waals surface area contributed by atoms with Crippen molar-refractivity contribution in [3.63, 3.8) is 0 Å². The Balaban J connectivity index is 2.04. The molecule has 0 aromatic carbocycles. The SMILES string of the molecule is C=C(C)CN(CC)C(=O)C1Cc2nc[nH]c2CN1. The Bertz CT molecular complexity index is 452. The van der Waals surface area contributed by atoms with E-state index in [2.05, 4.69) is 21.9 Å². The first-order chi connectivity index (χ1) is 8.61. The van der Waals surface area contributed by atoms with Gasteiger partial charge in [-0.25, -0.2) is 4.98 Å². The molecule has 0 spiro atoms. The van der Waals surface area contributed by atoms with E-state index in [-0.39, 0.29) is 11.9 Å². The molecule has 0 aliphatic carbocycles. The van der Waals surface area contributed by atoms with Crippen LogP contribution in [0, 0.1) is 0 Å². The lowest BCUT2D eigenvalue weighted by atomic mass is 10.0. The van der Waals surface area contributed by atoms with Gasteiger partial charge in [-0.3, -0.25) is 10.1 Å². The minimum Gasteiger partial charge on any atom is -0.347 e. The van der Waals surface area contributed by atoms with Crippen molar-refractivity contribution in [1.82, 2.24) is 20.2 Å². The average Bonchev–Trinajstić information content (AvgIpc) is 2.81. The molecule has 1 aliphatic heterocycles. The first-order valence-electron chi connectivity index (χ1n) is 6.29. The van der Waals surface area contributed by atoms with Crippen LogP contribution >= 0.6 is 0 Å². The lowest BCUT2D eigenvalue weighted by Gasteiger charge is -2.29. The number of carbonyl (C=O) groups is 1. The highest BCUT2D eigenvalue weighted by Crippen LogP contribution is 2.14. The number of nitrogens with one attached hydrogen (secondary N) is 2. The molecule has 0 bridgehead atoms. The van der Waals surface area contributed by atoms with E-state index in [4.69, 9.17) is 0 Å². The number of nitrogens with zero attached hydrogens (tertiary/aromatic N) is 2. The number of amides is 1. The number of aromatic nitrogens is 2. The topological polar surface area (TPSA) is 61.0 Å². The monoisotopic (exact) mass is 248 g/mol. The second-order valence-electron chi connectivity index (χ2n) is 4.77. The zero-order valence-corrected chi connectivity index (χ0v) is 11.0. The summed E-state index contributed by atoms with van der Waals surface area (Å²) in [4.78, 5) is 21.5. The summed E-state index contributed by atoms with van der Waals surface area (Å²) in [6.07, 6.45) is 2.34. The minimum absolute atomic E-state index is 0.133. The quantitative estimate of drug-likeness (QED) is 0.777. The van der Waals surface area contributed by atoms with Crippen molar-refractivity contribution in [3.05, 3.63) is 29.9 Å². The van der Waals surface area contributed by atoms with Crippen LogP contribution < -0.4 is 5.32 Å². The van der Waals surface area contributed by atoms with E-state index < -0.39 is 0 Å². The highest BCUT2D eigenvalue weighted by Gasteiger charge is 2.28. The number of carbonyl (C=O) groups excluding carboxylic acids is 1. The smallest absolute Gasteiger partial charge is 0.240 e. The molecule has 1 aromatic heterocycles. The molecule has 18 heavy (non-hydrogen) atoms. The highest BCUT2D eigenvalue weighted by atomic mass is 16.2. The molecule has 1 amide bonds. The van der Waals surface area contributed by atoms with Gasteiger partial charge in [-0.05, 0) is 13.8 Å². The lowest BCUT2D eigenvalue weighted by molar-refractivity contribution is -0.133. The Morgan fingerprint density at radius 3 is 3.11 bits per heavy atom. The molecule has 0 radical (unpaired) electrons. The Morgan fingerprint density at radius 2 is 2.44 bits per heavy atom. The van der Waals surface area contributed by atoms with Crippen LogP contribution in [-0.2, 0) is 17.8 Å². The highest BCUT2D eigenvalue weighted by molar-refractivity contribution is 5.82. The van der Waals surface area contributed by atoms with Crippen LogP contribution in [0.3, 0.4) is 0 Å². The fourth-order valence-corrected chi connectivity index (χ4v) is 2.24. The zero-order chi connectivity index (χ0) is 13.1. The van der Waals surface area contributed by atoms with Crippen LogP contribution in [0.1, 0.15) is 25.2 Å². The Kier molecular flexibility index (Phi) is 3.81. The fraction of sp³-hybridized carbons (Fsp3) is 0.538. The number of rotatable bonds is 4. The molecular weight excluding hydrogens is 228 g/mol. The van der Waals surface area contributed by atoms with Gasteiger partial charge >= 0.3 is 0 Å². The van der Waals surface area contributed by atoms with Crippen LogP contribution in [0.15, 0.2) is 18.5 Å². The van der Waals surface area contributed by atoms with E-state index in [1.54, 1.807) is 6.33 Å². The van der Waals surface area contributed by atoms with Gasteiger partial charge in [-0.2, -0.15) is 0 Å². The van der Waals surface area contributed by atoms with Gasteiger partial charge in [-0.1, -0.05) is 12.2 Å². The van der Waals surface area contributed by atoms with Gasteiger partial charge in [0.2, 0.25) is 5.91 Å². The lowest BCUT2D eigenvalue weighted by Crippen LogP contribution is -2.49. The summed E-state index contributed by atoms with van der Waals surface area (Å²) in [5, 5.41) is 3.26. The molecule has 2 N–H and O–H groups in total. The number of likely N-dealkylation sites (N-methyl/N-ethyl adjacent to an activating group) is 1. The third-order valence-corrected chi connectivity index (χ3v) is 3.18. The molecule has 0 saturated carbocycles. The number of hydrogen-bond donors (Lipinski definition) is 2. The second kappa shape index (κ2) is 5.35. The van der Waals surface area contributed by atoms with Crippen molar-refractivity contribution in [2.24, 2.45) is 0 Å². The molecule has 0 saturated heterocycles. The average molecular weight is 248 g/mol. The van der Waals surface area contributed by atoms with Gasteiger partial charge in [-0.15, -0.1) is 0 Å². The molecule has 1 aliphatic rings. The molecule has 0 fully saturated rings. The van der Waals surface area contributed by atoms with Gasteiger partial charge in [0.15, 0.2) is 0 Å². The Morgan fingerprint density at radius 1 is 1.67 bits per heavy atom. The minimum atomic E-state index is -0.167. The van der Waals surface area contributed by atoms with E-state index in [9.17, 15) is 4.79 Å². The van der Waals surface area contributed by atoms with Crippen molar-refractivity contribution in [3.8, 4) is 0 Å². The van der Waals surface area contributed by atoms with Crippen LogP contribution in [0.2, 0.25) is 0 Å². The first kappa shape index (κ1) is 12.8. The number of fused-ring (bicyclic) bond motifs is 1. The van der Waals surface area contributed by atoms with Crippen molar-refractivity contribution >= 4 is 5.91 Å². The first-order valence-corrected chi connectivity index (χ1v) is 6.29. The predicted octanol–water partition coefficient (Wildman–Crippen LogP) is 0.849. The molecule has 5 nitrogen and oxygen atoms in total. The maximum Gasteiger partial charge on any atom is 0.240 e. The van der Waals surface area contributed by atoms with Gasteiger partial charge in [0.1, 0.15) is 0 Å². The van der Waals surface area contributed by atoms with Gasteiger partial charge < -0.3 is 9.88 Å². The van der Waals surface area contributed by atoms with Crippen LogP contribution in [0.25, 0.3) is 0 Å². The predicted molar refractivity (Wildman–Crippen MR) is 70.0 cm³/mol. The summed E-state index contributed by atoms with van der Waals surface area (Å²) < 4.78 is 0. The largest absolute Gasteiger partial charge is 0.347 e. The molecule has 1 aromatic rings. The van der Waals surface area contributed by atoms with Crippen LogP contribution in [0.5, 0.6) is 0 Å². The van der Waals surface area contributed by atoms with Crippen molar-refractivity contribution in [2.45, 2.75) is 32.9 Å². The Labute approximate surface area is 107 Å². The summed E-state index contributed by atoms with van der Waals surface area (Å²) in [5.74, 6) is 0.133. The van der Waals surface area contributed by atoms with Crippen molar-refractivity contribution < 1.29 is 4.79 Å². The van der Waals surface area contributed by atoms with E-state index in [1.165, 1.54) is 0 Å². The zero-order valence-electron chi connectivity index (χ0n) is 11.0. The van der Waals surface area contributed by atoms with Crippen LogP contribution in [-0.4, -0.2) is 39.9 Å². The number of H-pyrrole nitrogens is 1. The number of hydrogen-bond acceptors (Lipinski definition) is 3. The molecule has 1 unspecified atom stereocenters. The maximum atomic E-state index is 12.4. The van der Waals surface area contributed by atoms with E-state index >= 15 is 0 Å². The third-order valence-electron chi connectivity index (χ3n) is 3.18. The fourth-order valence-electron chi connectivity index (χ4n) is 2.24. The second-order valence-corrected chi connectivity index (χ2v) is 4.77. The molecule has 1 atom stereocenters. The summed E-state index contributed by atoms with van der Waals surface area (Å²) in [7, 11) is 0. The van der Waals surface area contributed by atoms with Gasteiger partial charge in [0.05, 0.1) is 23.8 Å². The maximum absolute atomic E-state index is 12.4. The number of aromatic amines is 1. The molecule has 2 heterocycles. The standard InChI is InChI=1S/C13H20N4O/c1-4-17(7-9(2)3)13(18)11-5-10-12(6-14-11)16-8-15-10/h8,11,14H,2,4-7H2,1,3H3,(H,15,16). The third kappa shape index (κ3) is 2.61. The van der Waals surface area contributed by atoms with Crippen molar-refractivity contribution in [1.29, 1.82) is 0 Å². The molecule has 2 rings (SSSR count).